The summed E-state index contributed by atoms with van der Waals surface area (Å²) >= 11 is 0. The molecule has 2 aromatic heterocycles. The summed E-state index contributed by atoms with van der Waals surface area (Å²) in [5.74, 6) is 1.07. The Hall–Kier alpha value is -2.28. The number of amides is 1. The Morgan fingerprint density at radius 2 is 2.07 bits per heavy atom. The van der Waals surface area contributed by atoms with Gasteiger partial charge in [0.25, 0.3) is 0 Å². The van der Waals surface area contributed by atoms with Crippen LogP contribution in [-0.4, -0.2) is 50.3 Å². The number of hydrogen-bond donors (Lipinski definition) is 0. The smallest absolute Gasteiger partial charge is 0.223 e. The van der Waals surface area contributed by atoms with E-state index in [4.69, 9.17) is 9.84 Å². The van der Waals surface area contributed by atoms with Crippen LogP contribution in [0.2, 0.25) is 0 Å². The van der Waals surface area contributed by atoms with Crippen LogP contribution in [0.25, 0.3) is 0 Å². The van der Waals surface area contributed by atoms with E-state index >= 15 is 0 Å². The van der Waals surface area contributed by atoms with E-state index in [1.165, 1.54) is 19.2 Å². The molecule has 7 heteroatoms. The topological polar surface area (TPSA) is 73.1 Å². The summed E-state index contributed by atoms with van der Waals surface area (Å²) in [6.45, 7) is 5.72. The van der Waals surface area contributed by atoms with Gasteiger partial charge < -0.3 is 9.64 Å². The monoisotopic (exact) mass is 369 g/mol. The minimum absolute atomic E-state index is 0.157. The molecule has 0 saturated heterocycles. The Balaban J connectivity index is 1.40. The van der Waals surface area contributed by atoms with Gasteiger partial charge >= 0.3 is 0 Å². The Morgan fingerprint density at radius 3 is 2.81 bits per heavy atom. The van der Waals surface area contributed by atoms with Crippen molar-refractivity contribution in [2.45, 2.75) is 51.6 Å². The summed E-state index contributed by atoms with van der Waals surface area (Å²) in [7, 11) is 0. The molecule has 1 unspecified atom stereocenters. The highest BCUT2D eigenvalue weighted by atomic mass is 16.5. The molecule has 1 aliphatic carbocycles. The number of rotatable bonds is 8. The van der Waals surface area contributed by atoms with Crippen LogP contribution in [0.5, 0.6) is 0 Å². The maximum atomic E-state index is 12.8. The molecule has 7 nitrogen and oxygen atoms in total. The molecule has 4 rings (SSSR count). The summed E-state index contributed by atoms with van der Waals surface area (Å²) in [5.41, 5.74) is 3.25. The van der Waals surface area contributed by atoms with Crippen molar-refractivity contribution in [3.8, 4) is 0 Å². The molecule has 0 N–H and O–H groups in total. The van der Waals surface area contributed by atoms with Gasteiger partial charge in [-0.25, -0.2) is 9.97 Å². The first-order chi connectivity index (χ1) is 13.2. The van der Waals surface area contributed by atoms with Crippen LogP contribution in [0, 0.1) is 5.92 Å². The quantitative estimate of drug-likeness (QED) is 0.713. The van der Waals surface area contributed by atoms with Crippen LogP contribution >= 0.6 is 0 Å². The van der Waals surface area contributed by atoms with Gasteiger partial charge in [-0.3, -0.25) is 9.48 Å². The molecule has 0 spiro atoms. The zero-order chi connectivity index (χ0) is 18.6. The first-order valence-corrected chi connectivity index (χ1v) is 9.88. The predicted octanol–water partition coefficient (Wildman–Crippen LogP) is 2.18. The fourth-order valence-corrected chi connectivity index (χ4v) is 3.58. The number of nitrogens with zero attached hydrogens (tertiary/aromatic N) is 5. The average molecular weight is 369 g/mol. The normalized spacial score (nSPS) is 19.1. The molecule has 1 atom stereocenters. The fraction of sp³-hybridized carbons (Fsp3) is 0.600. The lowest BCUT2D eigenvalue weighted by molar-refractivity contribution is -0.132. The Morgan fingerprint density at radius 1 is 1.26 bits per heavy atom. The highest BCUT2D eigenvalue weighted by molar-refractivity contribution is 5.76. The second-order valence-electron chi connectivity index (χ2n) is 7.59. The molecular formula is C20H27N5O2. The van der Waals surface area contributed by atoms with E-state index in [1.807, 2.05) is 9.58 Å². The predicted molar refractivity (Wildman–Crippen MR) is 100.0 cm³/mol. The zero-order valence-corrected chi connectivity index (χ0v) is 15.9. The third-order valence-electron chi connectivity index (χ3n) is 5.35. The van der Waals surface area contributed by atoms with E-state index in [9.17, 15) is 4.79 Å². The third-order valence-corrected chi connectivity index (χ3v) is 5.35. The van der Waals surface area contributed by atoms with Gasteiger partial charge in [-0.2, -0.15) is 5.10 Å². The molecule has 1 aliphatic heterocycles. The maximum absolute atomic E-state index is 12.8. The van der Waals surface area contributed by atoms with Gasteiger partial charge in [0, 0.05) is 62.7 Å². The number of carbonyl (C=O) groups excluding carboxylic acids is 1. The van der Waals surface area contributed by atoms with E-state index in [2.05, 4.69) is 23.1 Å². The van der Waals surface area contributed by atoms with E-state index in [1.54, 1.807) is 12.4 Å². The lowest BCUT2D eigenvalue weighted by Gasteiger charge is -2.32. The van der Waals surface area contributed by atoms with Crippen molar-refractivity contribution in [2.75, 3.05) is 19.8 Å². The van der Waals surface area contributed by atoms with E-state index in [-0.39, 0.29) is 11.8 Å². The number of hydrogen-bond acceptors (Lipinski definition) is 5. The number of ether oxygens (including phenoxy) is 1. The van der Waals surface area contributed by atoms with Crippen molar-refractivity contribution in [1.29, 1.82) is 0 Å². The minimum atomic E-state index is 0.157. The first kappa shape index (κ1) is 18.1. The summed E-state index contributed by atoms with van der Waals surface area (Å²) in [4.78, 5) is 22.8. The van der Waals surface area contributed by atoms with E-state index in [0.717, 1.165) is 35.9 Å². The number of carbonyl (C=O) groups is 1. The maximum Gasteiger partial charge on any atom is 0.223 e. The van der Waals surface area contributed by atoms with Crippen LogP contribution < -0.4 is 0 Å². The highest BCUT2D eigenvalue weighted by Crippen LogP contribution is 2.31. The van der Waals surface area contributed by atoms with Crippen LogP contribution in [0.1, 0.15) is 48.9 Å². The lowest BCUT2D eigenvalue weighted by atomic mass is 9.96. The van der Waals surface area contributed by atoms with Crippen molar-refractivity contribution >= 4 is 5.91 Å². The molecule has 0 bridgehead atoms. The van der Waals surface area contributed by atoms with Crippen LogP contribution in [0.15, 0.2) is 24.9 Å². The number of fused-ring (bicyclic) bond motifs is 1. The van der Waals surface area contributed by atoms with Crippen molar-refractivity contribution < 1.29 is 9.53 Å². The van der Waals surface area contributed by atoms with Gasteiger partial charge in [0.2, 0.25) is 5.91 Å². The highest BCUT2D eigenvalue weighted by Gasteiger charge is 2.31. The first-order valence-electron chi connectivity index (χ1n) is 9.88. The van der Waals surface area contributed by atoms with Gasteiger partial charge in [0.05, 0.1) is 12.3 Å². The second kappa shape index (κ2) is 8.17. The molecule has 1 amide bonds. The summed E-state index contributed by atoms with van der Waals surface area (Å²) in [5, 5.41) is 4.73. The minimum Gasteiger partial charge on any atom is -0.380 e. The summed E-state index contributed by atoms with van der Waals surface area (Å²) < 4.78 is 7.92. The zero-order valence-electron chi connectivity index (χ0n) is 15.9. The van der Waals surface area contributed by atoms with Gasteiger partial charge in [-0.05, 0) is 37.7 Å². The van der Waals surface area contributed by atoms with Crippen LogP contribution in [0.4, 0.5) is 0 Å². The third kappa shape index (κ3) is 4.53. The van der Waals surface area contributed by atoms with Crippen molar-refractivity contribution in [3.05, 3.63) is 41.7 Å². The molecule has 0 radical (unpaired) electrons. The standard InChI is InChI=1S/C20H27N5O2/c1-2-25-11-17-9-24(19(26)6-5-16-7-21-14-22-8-16)10-18(20(17)23-25)13-27-12-15-3-4-15/h7-8,11,14-15,18H,2-6,9-10,12-13H2,1H3. The van der Waals surface area contributed by atoms with Gasteiger partial charge in [0.15, 0.2) is 0 Å². The molecule has 1 fully saturated rings. The molecule has 27 heavy (non-hydrogen) atoms. The summed E-state index contributed by atoms with van der Waals surface area (Å²) in [6, 6.07) is 0. The SMILES string of the molecule is CCn1cc2c(n1)C(COCC1CC1)CN(C(=O)CCc1cncnc1)C2. The molecular weight excluding hydrogens is 342 g/mol. The molecule has 2 aliphatic rings. The molecule has 2 aromatic rings. The molecule has 1 saturated carbocycles. The van der Waals surface area contributed by atoms with Crippen molar-refractivity contribution in [2.24, 2.45) is 5.92 Å². The van der Waals surface area contributed by atoms with E-state index < -0.39 is 0 Å². The second-order valence-corrected chi connectivity index (χ2v) is 7.59. The van der Waals surface area contributed by atoms with Gasteiger partial charge in [-0.1, -0.05) is 0 Å². The Labute approximate surface area is 159 Å². The van der Waals surface area contributed by atoms with E-state index in [0.29, 0.717) is 32.5 Å². The Bertz CT molecular complexity index is 772. The number of aryl methyl sites for hydroxylation is 2. The summed E-state index contributed by atoms with van der Waals surface area (Å²) in [6.07, 6.45) is 10.8. The van der Waals surface area contributed by atoms with Crippen molar-refractivity contribution in [3.63, 3.8) is 0 Å². The van der Waals surface area contributed by atoms with Crippen LogP contribution in [-0.2, 0) is 29.0 Å². The number of aromatic nitrogens is 4. The average Bonchev–Trinajstić information content (AvgIpc) is 3.42. The van der Waals surface area contributed by atoms with Gasteiger partial charge in [0.1, 0.15) is 6.33 Å². The van der Waals surface area contributed by atoms with Crippen LogP contribution in [0.3, 0.4) is 0 Å². The van der Waals surface area contributed by atoms with Gasteiger partial charge in [-0.15, -0.1) is 0 Å². The molecule has 3 heterocycles. The Kier molecular flexibility index (Phi) is 5.48. The molecule has 144 valence electrons. The largest absolute Gasteiger partial charge is 0.380 e. The fourth-order valence-electron chi connectivity index (χ4n) is 3.58. The van der Waals surface area contributed by atoms with Crippen molar-refractivity contribution in [1.82, 2.24) is 24.6 Å². The lowest BCUT2D eigenvalue weighted by Crippen LogP contribution is -2.39. The molecule has 0 aromatic carbocycles.